The van der Waals surface area contributed by atoms with E-state index < -0.39 is 4.92 Å². The van der Waals surface area contributed by atoms with E-state index in [-0.39, 0.29) is 17.3 Å². The van der Waals surface area contributed by atoms with Gasteiger partial charge in [-0.3, -0.25) is 10.1 Å². The van der Waals surface area contributed by atoms with Crippen LogP contribution in [0.25, 0.3) is 0 Å². The van der Waals surface area contributed by atoms with Crippen LogP contribution in [0, 0.1) is 27.4 Å². The van der Waals surface area contributed by atoms with Crippen LogP contribution < -0.4 is 10.6 Å². The first-order valence-electron chi connectivity index (χ1n) is 6.58. The molecule has 1 aliphatic rings. The molecule has 0 spiro atoms. The standard InChI is InChI=1S/C13H17N5O2/c1-9(15)10-2-4-17(5-3-10)13-11(7-14)6-12(8-16-13)18(19)20/h6,8-10H,2-5,15H2,1H3. The van der Waals surface area contributed by atoms with Crippen molar-refractivity contribution in [2.24, 2.45) is 11.7 Å². The Morgan fingerprint density at radius 1 is 1.60 bits per heavy atom. The Morgan fingerprint density at radius 2 is 2.25 bits per heavy atom. The zero-order valence-electron chi connectivity index (χ0n) is 11.3. The molecule has 1 fully saturated rings. The lowest BCUT2D eigenvalue weighted by Crippen LogP contribution is -2.40. The Bertz CT molecular complexity index is 544. The van der Waals surface area contributed by atoms with Gasteiger partial charge in [-0.05, 0) is 25.7 Å². The third-order valence-corrected chi connectivity index (χ3v) is 3.77. The number of hydrogen-bond acceptors (Lipinski definition) is 6. The predicted molar refractivity (Wildman–Crippen MR) is 74.2 cm³/mol. The molecule has 1 saturated heterocycles. The van der Waals surface area contributed by atoms with Gasteiger partial charge in [-0.1, -0.05) is 0 Å². The summed E-state index contributed by atoms with van der Waals surface area (Å²) in [6.07, 6.45) is 3.09. The maximum absolute atomic E-state index is 10.7. The Morgan fingerprint density at radius 3 is 2.75 bits per heavy atom. The Labute approximate surface area is 117 Å². The van der Waals surface area contributed by atoms with Crippen molar-refractivity contribution in [3.8, 4) is 6.07 Å². The molecule has 2 heterocycles. The van der Waals surface area contributed by atoms with E-state index in [1.807, 2.05) is 17.9 Å². The number of nitriles is 1. The normalized spacial score (nSPS) is 17.6. The number of piperidine rings is 1. The largest absolute Gasteiger partial charge is 0.355 e. The van der Waals surface area contributed by atoms with Gasteiger partial charge < -0.3 is 10.6 Å². The topological polar surface area (TPSA) is 109 Å². The van der Waals surface area contributed by atoms with E-state index in [0.29, 0.717) is 11.7 Å². The number of aromatic nitrogens is 1. The molecular weight excluding hydrogens is 258 g/mol. The number of nitrogens with zero attached hydrogens (tertiary/aromatic N) is 4. The number of nitro groups is 1. The highest BCUT2D eigenvalue weighted by atomic mass is 16.6. The third kappa shape index (κ3) is 2.86. The van der Waals surface area contributed by atoms with Crippen LogP contribution in [0.3, 0.4) is 0 Å². The van der Waals surface area contributed by atoms with Gasteiger partial charge in [0.1, 0.15) is 23.6 Å². The minimum Gasteiger partial charge on any atom is -0.355 e. The monoisotopic (exact) mass is 275 g/mol. The first-order chi connectivity index (χ1) is 9.52. The second-order valence-electron chi connectivity index (χ2n) is 5.12. The van der Waals surface area contributed by atoms with Crippen molar-refractivity contribution in [1.82, 2.24) is 4.98 Å². The number of rotatable bonds is 3. The van der Waals surface area contributed by atoms with Crippen LogP contribution in [0.15, 0.2) is 12.3 Å². The van der Waals surface area contributed by atoms with E-state index in [1.54, 1.807) is 0 Å². The molecule has 0 bridgehead atoms. The Balaban J connectivity index is 2.18. The summed E-state index contributed by atoms with van der Waals surface area (Å²) in [6.45, 7) is 3.54. The predicted octanol–water partition coefficient (Wildman–Crippen LogP) is 1.43. The van der Waals surface area contributed by atoms with E-state index in [0.717, 1.165) is 25.9 Å². The molecule has 1 aromatic rings. The van der Waals surface area contributed by atoms with Crippen molar-refractivity contribution in [2.75, 3.05) is 18.0 Å². The van der Waals surface area contributed by atoms with Crippen LogP contribution in [-0.4, -0.2) is 29.0 Å². The van der Waals surface area contributed by atoms with Crippen molar-refractivity contribution < 1.29 is 4.92 Å². The van der Waals surface area contributed by atoms with Crippen LogP contribution >= 0.6 is 0 Å². The average Bonchev–Trinajstić information content (AvgIpc) is 2.46. The fraction of sp³-hybridized carbons (Fsp3) is 0.538. The van der Waals surface area contributed by atoms with Crippen LogP contribution in [0.5, 0.6) is 0 Å². The van der Waals surface area contributed by atoms with Gasteiger partial charge in [-0.15, -0.1) is 0 Å². The summed E-state index contributed by atoms with van der Waals surface area (Å²) in [5.41, 5.74) is 5.99. The molecule has 0 saturated carbocycles. The average molecular weight is 275 g/mol. The van der Waals surface area contributed by atoms with E-state index in [2.05, 4.69) is 4.98 Å². The Hall–Kier alpha value is -2.20. The third-order valence-electron chi connectivity index (χ3n) is 3.77. The van der Waals surface area contributed by atoms with Crippen LogP contribution in [0.4, 0.5) is 11.5 Å². The fourth-order valence-corrected chi connectivity index (χ4v) is 2.52. The van der Waals surface area contributed by atoms with Crippen molar-refractivity contribution >= 4 is 11.5 Å². The summed E-state index contributed by atoms with van der Waals surface area (Å²) >= 11 is 0. The summed E-state index contributed by atoms with van der Waals surface area (Å²) in [5, 5.41) is 19.8. The van der Waals surface area contributed by atoms with Crippen LogP contribution in [0.2, 0.25) is 0 Å². The van der Waals surface area contributed by atoms with Gasteiger partial charge in [0.2, 0.25) is 0 Å². The molecule has 106 valence electrons. The van der Waals surface area contributed by atoms with E-state index in [1.165, 1.54) is 12.3 Å². The van der Waals surface area contributed by atoms with Crippen LogP contribution in [0.1, 0.15) is 25.3 Å². The van der Waals surface area contributed by atoms with Crippen molar-refractivity contribution in [3.05, 3.63) is 27.9 Å². The summed E-state index contributed by atoms with van der Waals surface area (Å²) in [6, 6.07) is 3.43. The van der Waals surface area contributed by atoms with Gasteiger partial charge >= 0.3 is 0 Å². The number of pyridine rings is 1. The summed E-state index contributed by atoms with van der Waals surface area (Å²) in [4.78, 5) is 16.3. The molecule has 1 atom stereocenters. The lowest BCUT2D eigenvalue weighted by atomic mass is 9.91. The second kappa shape index (κ2) is 5.84. The molecular formula is C13H17N5O2. The first kappa shape index (κ1) is 14.2. The molecule has 0 aromatic carbocycles. The molecule has 0 radical (unpaired) electrons. The van der Waals surface area contributed by atoms with Crippen molar-refractivity contribution in [3.63, 3.8) is 0 Å². The maximum Gasteiger partial charge on any atom is 0.289 e. The zero-order valence-corrected chi connectivity index (χ0v) is 11.3. The molecule has 1 unspecified atom stereocenters. The van der Waals surface area contributed by atoms with Crippen molar-refractivity contribution in [2.45, 2.75) is 25.8 Å². The quantitative estimate of drug-likeness (QED) is 0.660. The molecule has 20 heavy (non-hydrogen) atoms. The molecule has 2 rings (SSSR count). The van der Waals surface area contributed by atoms with Gasteiger partial charge in [0.15, 0.2) is 0 Å². The zero-order chi connectivity index (χ0) is 14.7. The summed E-state index contributed by atoms with van der Waals surface area (Å²) in [5.74, 6) is 1.01. The first-order valence-corrected chi connectivity index (χ1v) is 6.58. The Kier molecular flexibility index (Phi) is 4.15. The molecule has 0 aliphatic carbocycles. The highest BCUT2D eigenvalue weighted by Gasteiger charge is 2.25. The highest BCUT2D eigenvalue weighted by Crippen LogP contribution is 2.27. The lowest BCUT2D eigenvalue weighted by Gasteiger charge is -2.34. The smallest absolute Gasteiger partial charge is 0.289 e. The molecule has 2 N–H and O–H groups in total. The van der Waals surface area contributed by atoms with Gasteiger partial charge in [0.05, 0.1) is 4.92 Å². The SMILES string of the molecule is CC(N)C1CCN(c2ncc([N+](=O)[O-])cc2C#N)CC1. The minimum atomic E-state index is -0.542. The lowest BCUT2D eigenvalue weighted by molar-refractivity contribution is -0.385. The number of nitrogens with two attached hydrogens (primary N) is 1. The van der Waals surface area contributed by atoms with E-state index >= 15 is 0 Å². The molecule has 7 nitrogen and oxygen atoms in total. The fourth-order valence-electron chi connectivity index (χ4n) is 2.52. The van der Waals surface area contributed by atoms with Gasteiger partial charge in [0.25, 0.3) is 5.69 Å². The summed E-state index contributed by atoms with van der Waals surface area (Å²) < 4.78 is 0. The molecule has 1 aliphatic heterocycles. The second-order valence-corrected chi connectivity index (χ2v) is 5.12. The van der Waals surface area contributed by atoms with Crippen molar-refractivity contribution in [1.29, 1.82) is 5.26 Å². The summed E-state index contributed by atoms with van der Waals surface area (Å²) in [7, 11) is 0. The molecule has 1 aromatic heterocycles. The highest BCUT2D eigenvalue weighted by molar-refractivity contribution is 5.57. The molecule has 7 heteroatoms. The maximum atomic E-state index is 10.7. The molecule has 0 amide bonds. The van der Waals surface area contributed by atoms with Gasteiger partial charge in [0, 0.05) is 25.2 Å². The van der Waals surface area contributed by atoms with Crippen LogP contribution in [-0.2, 0) is 0 Å². The number of anilines is 1. The van der Waals surface area contributed by atoms with E-state index in [4.69, 9.17) is 11.0 Å². The van der Waals surface area contributed by atoms with Gasteiger partial charge in [-0.25, -0.2) is 4.98 Å². The minimum absolute atomic E-state index is 0.157. The van der Waals surface area contributed by atoms with E-state index in [9.17, 15) is 10.1 Å². The van der Waals surface area contributed by atoms with Gasteiger partial charge in [-0.2, -0.15) is 5.26 Å². The number of hydrogen-bond donors (Lipinski definition) is 1.